The van der Waals surface area contributed by atoms with Gasteiger partial charge in [0.25, 0.3) is 0 Å². The lowest BCUT2D eigenvalue weighted by Gasteiger charge is -2.35. The molecule has 0 spiro atoms. The number of hydrogen-bond acceptors (Lipinski definition) is 7. The van der Waals surface area contributed by atoms with E-state index >= 15 is 0 Å². The molecular formula is C24H30N4O3S. The van der Waals surface area contributed by atoms with Crippen LogP contribution in [0.5, 0.6) is 5.75 Å². The van der Waals surface area contributed by atoms with Crippen LogP contribution in [0.3, 0.4) is 0 Å². The van der Waals surface area contributed by atoms with E-state index < -0.39 is 0 Å². The number of benzene rings is 1. The fourth-order valence-electron chi connectivity index (χ4n) is 5.13. The molecule has 1 aromatic carbocycles. The number of ether oxygens (including phenoxy) is 1. The third kappa shape index (κ3) is 4.31. The Labute approximate surface area is 193 Å². The summed E-state index contributed by atoms with van der Waals surface area (Å²) >= 11 is 1.67. The highest BCUT2D eigenvalue weighted by Crippen LogP contribution is 2.38. The minimum Gasteiger partial charge on any atom is -0.497 e. The van der Waals surface area contributed by atoms with E-state index in [2.05, 4.69) is 15.2 Å². The monoisotopic (exact) mass is 454 g/mol. The Kier molecular flexibility index (Phi) is 6.26. The second-order valence-corrected chi connectivity index (χ2v) is 9.87. The number of thiazole rings is 1. The number of amides is 2. The molecule has 0 N–H and O–H groups in total. The van der Waals surface area contributed by atoms with E-state index in [4.69, 9.17) is 9.72 Å². The third-order valence-corrected chi connectivity index (χ3v) is 7.95. The molecule has 2 aromatic rings. The van der Waals surface area contributed by atoms with Crippen LogP contribution in [-0.4, -0.2) is 71.5 Å². The zero-order chi connectivity index (χ0) is 22.1. The molecule has 170 valence electrons. The van der Waals surface area contributed by atoms with Crippen molar-refractivity contribution in [1.29, 1.82) is 0 Å². The van der Waals surface area contributed by atoms with E-state index in [1.54, 1.807) is 18.4 Å². The molecular weight excluding hydrogens is 424 g/mol. The lowest BCUT2D eigenvalue weighted by atomic mass is 9.81. The number of piperazine rings is 1. The van der Waals surface area contributed by atoms with Crippen LogP contribution in [0.25, 0.3) is 10.6 Å². The molecule has 3 fully saturated rings. The molecule has 2 saturated heterocycles. The first-order chi connectivity index (χ1) is 15.6. The van der Waals surface area contributed by atoms with Crippen LogP contribution < -0.4 is 4.74 Å². The van der Waals surface area contributed by atoms with Crippen molar-refractivity contribution in [3.05, 3.63) is 35.3 Å². The summed E-state index contributed by atoms with van der Waals surface area (Å²) in [6, 6.07) is 8.00. The number of rotatable bonds is 6. The highest BCUT2D eigenvalue weighted by Gasteiger charge is 2.48. The number of likely N-dealkylation sites (tertiary alicyclic amines) is 1. The molecule has 0 bridgehead atoms. The zero-order valence-electron chi connectivity index (χ0n) is 18.5. The van der Waals surface area contributed by atoms with Crippen LogP contribution in [0.15, 0.2) is 29.6 Å². The van der Waals surface area contributed by atoms with Crippen molar-refractivity contribution in [3.8, 4) is 16.3 Å². The van der Waals surface area contributed by atoms with Crippen LogP contribution in [0, 0.1) is 11.8 Å². The van der Waals surface area contributed by atoms with Gasteiger partial charge in [-0.25, -0.2) is 4.98 Å². The van der Waals surface area contributed by atoms with Crippen molar-refractivity contribution >= 4 is 23.2 Å². The van der Waals surface area contributed by atoms with Crippen molar-refractivity contribution in [2.75, 3.05) is 40.0 Å². The summed E-state index contributed by atoms with van der Waals surface area (Å²) in [6.45, 7) is 4.84. The molecule has 2 atom stereocenters. The summed E-state index contributed by atoms with van der Waals surface area (Å²) in [5, 5.41) is 3.16. The van der Waals surface area contributed by atoms with E-state index in [1.807, 2.05) is 24.3 Å². The predicted molar refractivity (Wildman–Crippen MR) is 123 cm³/mol. The standard InChI is InChI=1S/C24H30N4O3S/c1-31-19-8-6-17(7-9-19)22-25-18(15-32-22)14-26-10-12-27(13-11-26)16-28-23(29)20-4-2-3-5-21(20)24(28)30/h6-9,15,20-21H,2-5,10-14,16H2,1H3. The maximum absolute atomic E-state index is 12.7. The largest absolute Gasteiger partial charge is 0.497 e. The van der Waals surface area contributed by atoms with Gasteiger partial charge in [0.1, 0.15) is 10.8 Å². The molecule has 2 amide bonds. The number of carbonyl (C=O) groups is 2. The second kappa shape index (κ2) is 9.29. The number of nitrogens with zero attached hydrogens (tertiary/aromatic N) is 4. The summed E-state index contributed by atoms with van der Waals surface area (Å²) in [7, 11) is 1.67. The smallest absolute Gasteiger partial charge is 0.234 e. The molecule has 5 rings (SSSR count). The molecule has 3 aliphatic rings. The molecule has 32 heavy (non-hydrogen) atoms. The number of fused-ring (bicyclic) bond motifs is 1. The van der Waals surface area contributed by atoms with Crippen molar-refractivity contribution in [2.45, 2.75) is 32.2 Å². The lowest BCUT2D eigenvalue weighted by molar-refractivity contribution is -0.142. The molecule has 1 aromatic heterocycles. The molecule has 3 heterocycles. The molecule has 1 aliphatic carbocycles. The quantitative estimate of drug-likeness (QED) is 0.625. The summed E-state index contributed by atoms with van der Waals surface area (Å²) in [6.07, 6.45) is 3.91. The number of hydrogen-bond donors (Lipinski definition) is 0. The van der Waals surface area contributed by atoms with E-state index in [-0.39, 0.29) is 23.7 Å². The minimum atomic E-state index is -0.0536. The van der Waals surface area contributed by atoms with Gasteiger partial charge in [0.15, 0.2) is 0 Å². The number of carbonyl (C=O) groups excluding carboxylic acids is 2. The normalized spacial score (nSPS) is 24.7. The van der Waals surface area contributed by atoms with Crippen molar-refractivity contribution < 1.29 is 14.3 Å². The van der Waals surface area contributed by atoms with Crippen LogP contribution in [-0.2, 0) is 16.1 Å². The summed E-state index contributed by atoms with van der Waals surface area (Å²) in [4.78, 5) is 36.5. The van der Waals surface area contributed by atoms with Crippen LogP contribution in [0.1, 0.15) is 31.4 Å². The molecule has 0 radical (unpaired) electrons. The fraction of sp³-hybridized carbons (Fsp3) is 0.542. The zero-order valence-corrected chi connectivity index (χ0v) is 19.4. The Balaban J connectivity index is 1.13. The average Bonchev–Trinajstić information content (AvgIpc) is 3.39. The van der Waals surface area contributed by atoms with E-state index in [0.29, 0.717) is 6.67 Å². The molecule has 7 nitrogen and oxygen atoms in total. The van der Waals surface area contributed by atoms with Crippen molar-refractivity contribution in [1.82, 2.24) is 19.7 Å². The molecule has 8 heteroatoms. The topological polar surface area (TPSA) is 66.0 Å². The van der Waals surface area contributed by atoms with Gasteiger partial charge in [0.05, 0.1) is 31.3 Å². The van der Waals surface area contributed by atoms with Gasteiger partial charge in [-0.1, -0.05) is 12.8 Å². The average molecular weight is 455 g/mol. The highest BCUT2D eigenvalue weighted by molar-refractivity contribution is 7.13. The Morgan fingerprint density at radius 1 is 0.969 bits per heavy atom. The SMILES string of the molecule is COc1ccc(-c2nc(CN3CCN(CN4C(=O)C5CCCCC5C4=O)CC3)cs2)cc1. The van der Waals surface area contributed by atoms with Gasteiger partial charge in [-0.2, -0.15) is 0 Å². The maximum atomic E-state index is 12.7. The van der Waals surface area contributed by atoms with E-state index in [1.165, 1.54) is 4.90 Å². The maximum Gasteiger partial charge on any atom is 0.234 e. The third-order valence-electron chi connectivity index (χ3n) is 7.01. The Morgan fingerprint density at radius 3 is 2.22 bits per heavy atom. The minimum absolute atomic E-state index is 0.0536. The summed E-state index contributed by atoms with van der Waals surface area (Å²) < 4.78 is 5.23. The van der Waals surface area contributed by atoms with Gasteiger partial charge in [-0.3, -0.25) is 24.3 Å². The molecule has 1 saturated carbocycles. The van der Waals surface area contributed by atoms with Crippen LogP contribution >= 0.6 is 11.3 Å². The van der Waals surface area contributed by atoms with Crippen molar-refractivity contribution in [2.24, 2.45) is 11.8 Å². The van der Waals surface area contributed by atoms with Crippen LogP contribution in [0.2, 0.25) is 0 Å². The first kappa shape index (κ1) is 21.6. The summed E-state index contributed by atoms with van der Waals surface area (Å²) in [5.41, 5.74) is 2.19. The Morgan fingerprint density at radius 2 is 1.59 bits per heavy atom. The van der Waals surface area contributed by atoms with Crippen LogP contribution in [0.4, 0.5) is 0 Å². The van der Waals surface area contributed by atoms with Gasteiger partial charge in [0, 0.05) is 43.7 Å². The van der Waals surface area contributed by atoms with E-state index in [0.717, 1.165) is 80.4 Å². The lowest BCUT2D eigenvalue weighted by Crippen LogP contribution is -2.51. The van der Waals surface area contributed by atoms with Gasteiger partial charge >= 0.3 is 0 Å². The second-order valence-electron chi connectivity index (χ2n) is 9.01. The van der Waals surface area contributed by atoms with Gasteiger partial charge in [0.2, 0.25) is 11.8 Å². The highest BCUT2D eigenvalue weighted by atomic mass is 32.1. The summed E-state index contributed by atoms with van der Waals surface area (Å²) in [5.74, 6) is 0.870. The first-order valence-corrected chi connectivity index (χ1v) is 12.4. The fourth-order valence-corrected chi connectivity index (χ4v) is 5.95. The number of methoxy groups -OCH3 is 1. The predicted octanol–water partition coefficient (Wildman–Crippen LogP) is 3.07. The van der Waals surface area contributed by atoms with Gasteiger partial charge in [-0.05, 0) is 37.1 Å². The van der Waals surface area contributed by atoms with Gasteiger partial charge in [-0.15, -0.1) is 11.3 Å². The molecule has 2 unspecified atom stereocenters. The number of imide groups is 1. The number of aromatic nitrogens is 1. The van der Waals surface area contributed by atoms with E-state index in [9.17, 15) is 9.59 Å². The first-order valence-electron chi connectivity index (χ1n) is 11.5. The Bertz CT molecular complexity index is 944. The Hall–Kier alpha value is -2.29. The van der Waals surface area contributed by atoms with Gasteiger partial charge < -0.3 is 4.74 Å². The van der Waals surface area contributed by atoms with Crippen molar-refractivity contribution in [3.63, 3.8) is 0 Å². The molecule has 2 aliphatic heterocycles.